The Morgan fingerprint density at radius 3 is 1.85 bits per heavy atom. The van der Waals surface area contributed by atoms with E-state index in [1.165, 1.54) is 44.6 Å². The van der Waals surface area contributed by atoms with Crippen LogP contribution in [0.25, 0.3) is 0 Å². The second kappa shape index (κ2) is 10.6. The maximum Gasteiger partial charge on any atom is 0.119 e. The summed E-state index contributed by atoms with van der Waals surface area (Å²) in [7, 11) is 0. The molecular weight excluding hydrogens is 252 g/mol. The molecule has 0 bridgehead atoms. The van der Waals surface area contributed by atoms with Gasteiger partial charge in [0, 0.05) is 6.61 Å². The number of rotatable bonds is 11. The van der Waals surface area contributed by atoms with Crippen molar-refractivity contribution in [3.63, 3.8) is 0 Å². The van der Waals surface area contributed by atoms with E-state index in [1.54, 1.807) is 12.1 Å². The summed E-state index contributed by atoms with van der Waals surface area (Å²) in [5, 5.41) is 27.7. The third-order valence-corrected chi connectivity index (χ3v) is 3.67. The highest BCUT2D eigenvalue weighted by molar-refractivity contribution is 5.38. The molecule has 0 spiro atoms. The van der Waals surface area contributed by atoms with E-state index in [9.17, 15) is 10.2 Å². The lowest BCUT2D eigenvalue weighted by Gasteiger charge is -2.05. The molecule has 0 aliphatic carbocycles. The van der Waals surface area contributed by atoms with Crippen LogP contribution < -0.4 is 0 Å². The zero-order valence-electron chi connectivity index (χ0n) is 12.4. The lowest BCUT2D eigenvalue weighted by atomic mass is 10.0. The van der Waals surface area contributed by atoms with Crippen LogP contribution in [0, 0.1) is 0 Å². The Morgan fingerprint density at radius 1 is 0.700 bits per heavy atom. The van der Waals surface area contributed by atoms with E-state index in [0.29, 0.717) is 6.61 Å². The summed E-state index contributed by atoms with van der Waals surface area (Å²) in [5.74, 6) is 0.507. The molecule has 0 fully saturated rings. The largest absolute Gasteiger partial charge is 0.508 e. The van der Waals surface area contributed by atoms with Crippen LogP contribution in [0.4, 0.5) is 0 Å². The zero-order valence-corrected chi connectivity index (χ0v) is 12.4. The van der Waals surface area contributed by atoms with Gasteiger partial charge >= 0.3 is 0 Å². The van der Waals surface area contributed by atoms with Crippen molar-refractivity contribution in [3.8, 4) is 11.5 Å². The van der Waals surface area contributed by atoms with Gasteiger partial charge in [0.25, 0.3) is 0 Å². The number of aliphatic hydroxyl groups excluding tert-OH is 1. The molecule has 1 rings (SSSR count). The number of aryl methyl sites for hydroxylation is 1. The molecule has 1 aromatic rings. The summed E-state index contributed by atoms with van der Waals surface area (Å²) in [4.78, 5) is 0. The van der Waals surface area contributed by atoms with Crippen LogP contribution in [0.2, 0.25) is 0 Å². The molecular formula is C17H28O3. The molecule has 0 saturated carbocycles. The summed E-state index contributed by atoms with van der Waals surface area (Å²) in [6.07, 6.45) is 11.4. The van der Waals surface area contributed by atoms with Crippen LogP contribution in [0.1, 0.15) is 63.4 Å². The fraction of sp³-hybridized carbons (Fsp3) is 0.647. The molecule has 0 aliphatic heterocycles. The first-order chi connectivity index (χ1) is 9.74. The summed E-state index contributed by atoms with van der Waals surface area (Å²) in [5.41, 5.74) is 0.842. The van der Waals surface area contributed by atoms with Gasteiger partial charge in [-0.05, 0) is 43.0 Å². The Balaban J connectivity index is 1.98. The number of phenols is 2. The van der Waals surface area contributed by atoms with Gasteiger partial charge in [0.2, 0.25) is 0 Å². The van der Waals surface area contributed by atoms with E-state index in [0.717, 1.165) is 31.2 Å². The van der Waals surface area contributed by atoms with Crippen molar-refractivity contribution in [1.82, 2.24) is 0 Å². The Labute approximate surface area is 122 Å². The molecule has 20 heavy (non-hydrogen) atoms. The maximum atomic E-state index is 9.65. The van der Waals surface area contributed by atoms with Crippen molar-refractivity contribution >= 4 is 0 Å². The molecule has 114 valence electrons. The molecule has 0 heterocycles. The average molecular weight is 280 g/mol. The van der Waals surface area contributed by atoms with E-state index < -0.39 is 0 Å². The second-order valence-corrected chi connectivity index (χ2v) is 5.47. The van der Waals surface area contributed by atoms with E-state index in [-0.39, 0.29) is 11.5 Å². The van der Waals surface area contributed by atoms with Gasteiger partial charge in [-0.2, -0.15) is 0 Å². The first-order valence-electron chi connectivity index (χ1n) is 7.86. The first-order valence-corrected chi connectivity index (χ1v) is 7.86. The number of hydrogen-bond acceptors (Lipinski definition) is 3. The van der Waals surface area contributed by atoms with Crippen molar-refractivity contribution in [2.45, 2.75) is 64.2 Å². The number of aromatic hydroxyl groups is 2. The zero-order chi connectivity index (χ0) is 14.6. The van der Waals surface area contributed by atoms with Gasteiger partial charge in [0.15, 0.2) is 0 Å². The Hall–Kier alpha value is -1.22. The predicted octanol–water partition coefficient (Wildman–Crippen LogP) is 4.14. The molecule has 0 aliphatic rings. The number of aliphatic hydroxyl groups is 1. The lowest BCUT2D eigenvalue weighted by molar-refractivity contribution is 0.282. The topological polar surface area (TPSA) is 60.7 Å². The van der Waals surface area contributed by atoms with E-state index >= 15 is 0 Å². The third kappa shape index (κ3) is 7.39. The van der Waals surface area contributed by atoms with Crippen molar-refractivity contribution in [2.75, 3.05) is 6.61 Å². The van der Waals surface area contributed by atoms with Gasteiger partial charge in [-0.25, -0.2) is 0 Å². The quantitative estimate of drug-likeness (QED) is 0.421. The van der Waals surface area contributed by atoms with Crippen LogP contribution in [0.3, 0.4) is 0 Å². The van der Waals surface area contributed by atoms with Gasteiger partial charge < -0.3 is 15.3 Å². The van der Waals surface area contributed by atoms with E-state index in [2.05, 4.69) is 0 Å². The highest BCUT2D eigenvalue weighted by Crippen LogP contribution is 2.24. The molecule has 0 unspecified atom stereocenters. The molecule has 0 radical (unpaired) electrons. The summed E-state index contributed by atoms with van der Waals surface area (Å²) >= 11 is 0. The molecule has 1 aromatic carbocycles. The molecule has 0 saturated heterocycles. The number of hydrogen-bond donors (Lipinski definition) is 3. The summed E-state index contributed by atoms with van der Waals surface area (Å²) in [6.45, 7) is 0.321. The summed E-state index contributed by atoms with van der Waals surface area (Å²) in [6, 6.07) is 4.71. The summed E-state index contributed by atoms with van der Waals surface area (Å²) < 4.78 is 0. The first kappa shape index (κ1) is 16.8. The van der Waals surface area contributed by atoms with Crippen LogP contribution in [-0.2, 0) is 6.42 Å². The Morgan fingerprint density at radius 2 is 1.25 bits per heavy atom. The smallest absolute Gasteiger partial charge is 0.119 e. The third-order valence-electron chi connectivity index (χ3n) is 3.67. The van der Waals surface area contributed by atoms with Gasteiger partial charge in [-0.3, -0.25) is 0 Å². The minimum absolute atomic E-state index is 0.223. The second-order valence-electron chi connectivity index (χ2n) is 5.47. The minimum atomic E-state index is 0.223. The molecule has 0 aromatic heterocycles. The maximum absolute atomic E-state index is 9.65. The highest BCUT2D eigenvalue weighted by Gasteiger charge is 2.02. The van der Waals surface area contributed by atoms with Gasteiger partial charge in [-0.15, -0.1) is 0 Å². The van der Waals surface area contributed by atoms with Crippen LogP contribution >= 0.6 is 0 Å². The van der Waals surface area contributed by atoms with Gasteiger partial charge in [0.1, 0.15) is 11.5 Å². The molecule has 3 N–H and O–H groups in total. The number of benzene rings is 1. The van der Waals surface area contributed by atoms with Gasteiger partial charge in [-0.1, -0.05) is 44.9 Å². The molecule has 3 nitrogen and oxygen atoms in total. The van der Waals surface area contributed by atoms with Gasteiger partial charge in [0.05, 0.1) is 0 Å². The van der Waals surface area contributed by atoms with Crippen molar-refractivity contribution < 1.29 is 15.3 Å². The van der Waals surface area contributed by atoms with E-state index in [4.69, 9.17) is 5.11 Å². The van der Waals surface area contributed by atoms with Crippen LogP contribution in [-0.4, -0.2) is 21.9 Å². The molecule has 0 amide bonds. The fourth-order valence-corrected chi connectivity index (χ4v) is 2.44. The Bertz CT molecular complexity index is 363. The minimum Gasteiger partial charge on any atom is -0.508 e. The number of unbranched alkanes of at least 4 members (excludes halogenated alkanes) is 8. The lowest BCUT2D eigenvalue weighted by Crippen LogP contribution is -1.88. The van der Waals surface area contributed by atoms with Crippen molar-refractivity contribution in [3.05, 3.63) is 23.8 Å². The van der Waals surface area contributed by atoms with Crippen LogP contribution in [0.15, 0.2) is 18.2 Å². The number of phenolic OH excluding ortho intramolecular Hbond substituents is 2. The Kier molecular flexibility index (Phi) is 8.88. The molecule has 3 heteroatoms. The highest BCUT2D eigenvalue weighted by atomic mass is 16.3. The normalized spacial score (nSPS) is 10.8. The fourth-order valence-electron chi connectivity index (χ4n) is 2.44. The predicted molar refractivity (Wildman–Crippen MR) is 82.1 cm³/mol. The SMILES string of the molecule is OCCCCCCCCCCCc1cc(O)ccc1O. The standard InChI is InChI=1S/C17H28O3/c18-13-9-7-5-3-1-2-4-6-8-10-15-14-16(19)11-12-17(15)20/h11-12,14,18-20H,1-10,13H2. The van der Waals surface area contributed by atoms with Crippen LogP contribution in [0.5, 0.6) is 11.5 Å². The van der Waals surface area contributed by atoms with Crippen molar-refractivity contribution in [2.24, 2.45) is 0 Å². The van der Waals surface area contributed by atoms with E-state index in [1.807, 2.05) is 0 Å². The molecule has 0 atom stereocenters. The van der Waals surface area contributed by atoms with Crippen molar-refractivity contribution in [1.29, 1.82) is 0 Å². The average Bonchev–Trinajstić information content (AvgIpc) is 2.44. The monoisotopic (exact) mass is 280 g/mol.